The number of nitrogens with one attached hydrogen (secondary N) is 1. The molecule has 1 aliphatic rings. The Kier molecular flexibility index (Phi) is 4.19. The van der Waals surface area contributed by atoms with Crippen molar-refractivity contribution in [2.75, 3.05) is 0 Å². The number of carbonyl (C=O) groups is 2. The Hall–Kier alpha value is -2.91. The molecule has 0 saturated heterocycles. The molecule has 0 aliphatic heterocycles. The maximum absolute atomic E-state index is 13.0. The second-order valence-corrected chi connectivity index (χ2v) is 5.74. The van der Waals surface area contributed by atoms with E-state index in [1.165, 1.54) is 18.2 Å². The number of nitrogens with zero attached hydrogens (tertiary/aromatic N) is 3. The SMILES string of the molecule is O=C(NC1CC(C(=O)O)C1)c1cn(-c2ccccc2C(F)(F)F)nn1. The first-order chi connectivity index (χ1) is 11.8. The summed E-state index contributed by atoms with van der Waals surface area (Å²) >= 11 is 0. The van der Waals surface area contributed by atoms with Crippen molar-refractivity contribution in [3.05, 3.63) is 41.7 Å². The van der Waals surface area contributed by atoms with Crippen molar-refractivity contribution in [2.24, 2.45) is 5.92 Å². The molecule has 1 aromatic carbocycles. The van der Waals surface area contributed by atoms with Gasteiger partial charge in [0, 0.05) is 6.04 Å². The maximum atomic E-state index is 13.0. The summed E-state index contributed by atoms with van der Waals surface area (Å²) in [4.78, 5) is 22.8. The molecule has 1 fully saturated rings. The number of hydrogen-bond donors (Lipinski definition) is 2. The number of para-hydroxylation sites is 1. The minimum atomic E-state index is -4.57. The molecule has 132 valence electrons. The average molecular weight is 354 g/mol. The van der Waals surface area contributed by atoms with Gasteiger partial charge in [-0.15, -0.1) is 5.10 Å². The van der Waals surface area contributed by atoms with Gasteiger partial charge in [0.2, 0.25) is 0 Å². The van der Waals surface area contributed by atoms with Gasteiger partial charge in [-0.2, -0.15) is 13.2 Å². The number of alkyl halides is 3. The standard InChI is InChI=1S/C15H13F3N4O3/c16-15(17,18)10-3-1-2-4-12(10)22-7-11(20-21-22)13(23)19-9-5-8(6-9)14(24)25/h1-4,7-9H,5-6H2,(H,19,23)(H,24,25). The summed E-state index contributed by atoms with van der Waals surface area (Å²) in [7, 11) is 0. The van der Waals surface area contributed by atoms with E-state index in [0.717, 1.165) is 16.9 Å². The lowest BCUT2D eigenvalue weighted by Crippen LogP contribution is -2.46. The monoisotopic (exact) mass is 354 g/mol. The molecule has 1 amide bonds. The van der Waals surface area contributed by atoms with E-state index in [0.29, 0.717) is 12.8 Å². The average Bonchev–Trinajstić information content (AvgIpc) is 2.99. The molecule has 2 N–H and O–H groups in total. The van der Waals surface area contributed by atoms with Gasteiger partial charge in [-0.05, 0) is 25.0 Å². The Bertz CT molecular complexity index is 812. The van der Waals surface area contributed by atoms with Gasteiger partial charge in [-0.3, -0.25) is 9.59 Å². The van der Waals surface area contributed by atoms with Crippen molar-refractivity contribution in [1.29, 1.82) is 0 Å². The largest absolute Gasteiger partial charge is 0.481 e. The van der Waals surface area contributed by atoms with Crippen molar-refractivity contribution in [1.82, 2.24) is 20.3 Å². The summed E-state index contributed by atoms with van der Waals surface area (Å²) in [6.07, 6.45) is -2.84. The lowest BCUT2D eigenvalue weighted by molar-refractivity contribution is -0.145. The van der Waals surface area contributed by atoms with E-state index in [9.17, 15) is 22.8 Å². The minimum Gasteiger partial charge on any atom is -0.481 e. The van der Waals surface area contributed by atoms with Gasteiger partial charge in [-0.25, -0.2) is 4.68 Å². The molecule has 0 spiro atoms. The molecule has 10 heteroatoms. The van der Waals surface area contributed by atoms with E-state index in [4.69, 9.17) is 5.11 Å². The van der Waals surface area contributed by atoms with Crippen LogP contribution in [0.25, 0.3) is 5.69 Å². The van der Waals surface area contributed by atoms with Gasteiger partial charge in [0.25, 0.3) is 5.91 Å². The Balaban J connectivity index is 1.73. The summed E-state index contributed by atoms with van der Waals surface area (Å²) in [6.45, 7) is 0. The van der Waals surface area contributed by atoms with Crippen molar-refractivity contribution in [2.45, 2.75) is 25.1 Å². The summed E-state index contributed by atoms with van der Waals surface area (Å²) < 4.78 is 40.0. The van der Waals surface area contributed by atoms with Crippen LogP contribution in [-0.2, 0) is 11.0 Å². The molecule has 1 saturated carbocycles. The van der Waals surface area contributed by atoms with Gasteiger partial charge < -0.3 is 10.4 Å². The molecular weight excluding hydrogens is 341 g/mol. The Morgan fingerprint density at radius 2 is 1.92 bits per heavy atom. The number of aromatic nitrogens is 3. The van der Waals surface area contributed by atoms with Crippen LogP contribution in [0.3, 0.4) is 0 Å². The van der Waals surface area contributed by atoms with Gasteiger partial charge in [0.05, 0.1) is 23.4 Å². The van der Waals surface area contributed by atoms with Crippen molar-refractivity contribution in [3.8, 4) is 5.69 Å². The maximum Gasteiger partial charge on any atom is 0.418 e. The Labute approximate surface area is 139 Å². The zero-order chi connectivity index (χ0) is 18.2. The smallest absolute Gasteiger partial charge is 0.418 e. The van der Waals surface area contributed by atoms with Crippen LogP contribution in [-0.4, -0.2) is 38.0 Å². The fourth-order valence-electron chi connectivity index (χ4n) is 2.60. The number of carbonyl (C=O) groups excluding carboxylic acids is 1. The Morgan fingerprint density at radius 3 is 2.56 bits per heavy atom. The Morgan fingerprint density at radius 1 is 1.24 bits per heavy atom. The highest BCUT2D eigenvalue weighted by Gasteiger charge is 2.36. The molecule has 7 nitrogen and oxygen atoms in total. The highest BCUT2D eigenvalue weighted by atomic mass is 19.4. The van der Waals surface area contributed by atoms with E-state index in [2.05, 4.69) is 15.6 Å². The molecule has 25 heavy (non-hydrogen) atoms. The molecule has 3 rings (SSSR count). The molecule has 1 heterocycles. The van der Waals surface area contributed by atoms with E-state index in [1.807, 2.05) is 0 Å². The van der Waals surface area contributed by atoms with Crippen LogP contribution in [0.4, 0.5) is 13.2 Å². The topological polar surface area (TPSA) is 97.1 Å². The summed E-state index contributed by atoms with van der Waals surface area (Å²) in [5.41, 5.74) is -1.28. The lowest BCUT2D eigenvalue weighted by Gasteiger charge is -2.32. The minimum absolute atomic E-state index is 0.143. The zero-order valence-electron chi connectivity index (χ0n) is 12.7. The van der Waals surface area contributed by atoms with Gasteiger partial charge >= 0.3 is 12.1 Å². The number of halogens is 3. The van der Waals surface area contributed by atoms with Gasteiger partial charge in [0.1, 0.15) is 0 Å². The lowest BCUT2D eigenvalue weighted by atomic mass is 9.80. The fraction of sp³-hybridized carbons (Fsp3) is 0.333. The number of hydrogen-bond acceptors (Lipinski definition) is 4. The number of amides is 1. The van der Waals surface area contributed by atoms with E-state index in [-0.39, 0.29) is 17.4 Å². The van der Waals surface area contributed by atoms with Crippen LogP contribution >= 0.6 is 0 Å². The molecule has 0 bridgehead atoms. The van der Waals surface area contributed by atoms with Crippen LogP contribution in [0.15, 0.2) is 30.5 Å². The first kappa shape index (κ1) is 16.9. The van der Waals surface area contributed by atoms with Gasteiger partial charge in [0.15, 0.2) is 5.69 Å². The third-order valence-electron chi connectivity index (χ3n) is 4.00. The molecule has 0 radical (unpaired) electrons. The normalized spacial score (nSPS) is 20.0. The first-order valence-corrected chi connectivity index (χ1v) is 7.38. The second kappa shape index (κ2) is 6.19. The summed E-state index contributed by atoms with van der Waals surface area (Å²) in [5.74, 6) is -2.01. The van der Waals surface area contributed by atoms with E-state index < -0.39 is 29.5 Å². The van der Waals surface area contributed by atoms with Crippen LogP contribution in [0.2, 0.25) is 0 Å². The van der Waals surface area contributed by atoms with E-state index >= 15 is 0 Å². The quantitative estimate of drug-likeness (QED) is 0.874. The van der Waals surface area contributed by atoms with Gasteiger partial charge in [-0.1, -0.05) is 17.3 Å². The highest BCUT2D eigenvalue weighted by Crippen LogP contribution is 2.33. The van der Waals surface area contributed by atoms with Crippen LogP contribution in [0.1, 0.15) is 28.9 Å². The van der Waals surface area contributed by atoms with Crippen LogP contribution in [0, 0.1) is 5.92 Å². The zero-order valence-corrected chi connectivity index (χ0v) is 12.7. The van der Waals surface area contributed by atoms with Crippen LogP contribution in [0.5, 0.6) is 0 Å². The number of benzene rings is 1. The van der Waals surface area contributed by atoms with Crippen molar-refractivity contribution in [3.63, 3.8) is 0 Å². The molecule has 0 unspecified atom stereocenters. The summed E-state index contributed by atoms with van der Waals surface area (Å²) in [6, 6.07) is 4.53. The third kappa shape index (κ3) is 3.47. The summed E-state index contributed by atoms with van der Waals surface area (Å²) in [5, 5.41) is 18.6. The molecule has 1 aromatic heterocycles. The van der Waals surface area contributed by atoms with E-state index in [1.54, 1.807) is 0 Å². The van der Waals surface area contributed by atoms with Crippen LogP contribution < -0.4 is 5.32 Å². The molecular formula is C15H13F3N4O3. The molecule has 0 atom stereocenters. The predicted molar refractivity (Wildman–Crippen MR) is 78.0 cm³/mol. The first-order valence-electron chi connectivity index (χ1n) is 7.38. The fourth-order valence-corrected chi connectivity index (χ4v) is 2.60. The molecule has 1 aliphatic carbocycles. The number of aliphatic carboxylic acids is 1. The number of carboxylic acid groups (broad SMARTS) is 1. The molecule has 2 aromatic rings. The highest BCUT2D eigenvalue weighted by molar-refractivity contribution is 5.92. The number of carboxylic acids is 1. The third-order valence-corrected chi connectivity index (χ3v) is 4.00. The predicted octanol–water partition coefficient (Wildman–Crippen LogP) is 1.88. The number of rotatable bonds is 4. The second-order valence-electron chi connectivity index (χ2n) is 5.74. The van der Waals surface area contributed by atoms with Crippen molar-refractivity contribution < 1.29 is 27.9 Å². The van der Waals surface area contributed by atoms with Crippen molar-refractivity contribution >= 4 is 11.9 Å².